The van der Waals surface area contributed by atoms with Crippen molar-refractivity contribution >= 4 is 49.1 Å². The average Bonchev–Trinajstić information content (AvgIpc) is 3.06. The Hall–Kier alpha value is -4.55. The van der Waals surface area contributed by atoms with Gasteiger partial charge in [0.1, 0.15) is 12.6 Å². The first kappa shape index (κ1) is 34.3. The first-order chi connectivity index (χ1) is 22.0. The Balaban J connectivity index is 1.81. The zero-order valence-corrected chi connectivity index (χ0v) is 27.9. The molecule has 4 rings (SSSR count). The topological polar surface area (TPSA) is 130 Å². The zero-order valence-electron chi connectivity index (χ0n) is 25.5. The van der Waals surface area contributed by atoms with Gasteiger partial charge in [0, 0.05) is 35.6 Å². The monoisotopic (exact) mass is 706 g/mol. The van der Waals surface area contributed by atoms with Crippen LogP contribution in [0, 0.1) is 10.1 Å². The van der Waals surface area contributed by atoms with Crippen LogP contribution in [0.4, 0.5) is 11.4 Å². The highest BCUT2D eigenvalue weighted by Crippen LogP contribution is 2.27. The molecule has 0 bridgehead atoms. The normalized spacial score (nSPS) is 12.5. The van der Waals surface area contributed by atoms with Gasteiger partial charge in [-0.05, 0) is 60.9 Å². The summed E-state index contributed by atoms with van der Waals surface area (Å²) in [5, 5.41) is 14.3. The van der Waals surface area contributed by atoms with Gasteiger partial charge in [-0.2, -0.15) is 0 Å². The Morgan fingerprint density at radius 3 is 2.02 bits per heavy atom. The molecule has 240 valence electrons. The lowest BCUT2D eigenvalue weighted by atomic mass is 10.0. The maximum atomic E-state index is 14.5. The van der Waals surface area contributed by atoms with Crippen LogP contribution in [-0.2, 0) is 32.6 Å². The van der Waals surface area contributed by atoms with E-state index in [0.29, 0.717) is 6.42 Å². The molecule has 0 heterocycles. The second kappa shape index (κ2) is 15.6. The number of nitro benzene ring substituents is 1. The number of anilines is 1. The van der Waals surface area contributed by atoms with Crippen molar-refractivity contribution in [1.82, 2.24) is 10.2 Å². The highest BCUT2D eigenvalue weighted by molar-refractivity contribution is 9.10. The van der Waals surface area contributed by atoms with Crippen molar-refractivity contribution < 1.29 is 22.9 Å². The Kier molecular flexibility index (Phi) is 11.7. The molecule has 0 fully saturated rings. The van der Waals surface area contributed by atoms with E-state index in [1.54, 1.807) is 18.2 Å². The molecule has 2 atom stereocenters. The fourth-order valence-corrected chi connectivity index (χ4v) is 6.47. The maximum absolute atomic E-state index is 14.5. The summed E-state index contributed by atoms with van der Waals surface area (Å²) in [7, 11) is -4.31. The minimum atomic E-state index is -4.31. The van der Waals surface area contributed by atoms with E-state index in [0.717, 1.165) is 19.9 Å². The van der Waals surface area contributed by atoms with Crippen LogP contribution in [0.5, 0.6) is 0 Å². The summed E-state index contributed by atoms with van der Waals surface area (Å²) in [6.45, 7) is 3.18. The number of hydrogen-bond acceptors (Lipinski definition) is 6. The van der Waals surface area contributed by atoms with Gasteiger partial charge in [0.15, 0.2) is 0 Å². The van der Waals surface area contributed by atoms with Crippen molar-refractivity contribution in [1.29, 1.82) is 0 Å². The first-order valence-corrected chi connectivity index (χ1v) is 16.9. The fourth-order valence-electron chi connectivity index (χ4n) is 4.77. The third kappa shape index (κ3) is 8.79. The highest BCUT2D eigenvalue weighted by atomic mass is 79.9. The van der Waals surface area contributed by atoms with Crippen LogP contribution in [0.2, 0.25) is 0 Å². The minimum absolute atomic E-state index is 0.0248. The molecule has 0 saturated heterocycles. The first-order valence-electron chi connectivity index (χ1n) is 14.7. The molecule has 0 aliphatic rings. The molecular weight excluding hydrogens is 672 g/mol. The smallest absolute Gasteiger partial charge is 0.269 e. The SMILES string of the molecule is CCC(C)NC(=O)C(Cc1ccccc1)N(Cc1ccc(Br)cc1)C(=O)CN(c1ccc([N+](=O)[O-])cc1)S(=O)(=O)c1ccccc1. The average molecular weight is 708 g/mol. The van der Waals surface area contributed by atoms with Crippen LogP contribution in [0.15, 0.2) is 119 Å². The summed E-state index contributed by atoms with van der Waals surface area (Å²) >= 11 is 3.43. The van der Waals surface area contributed by atoms with Gasteiger partial charge in [-0.25, -0.2) is 8.42 Å². The van der Waals surface area contributed by atoms with Crippen molar-refractivity contribution in [3.63, 3.8) is 0 Å². The van der Waals surface area contributed by atoms with Crippen molar-refractivity contribution in [2.45, 2.75) is 50.2 Å². The van der Waals surface area contributed by atoms with Crippen molar-refractivity contribution in [2.75, 3.05) is 10.8 Å². The molecule has 10 nitrogen and oxygen atoms in total. The number of carbonyl (C=O) groups is 2. The number of nitrogens with zero attached hydrogens (tertiary/aromatic N) is 3. The lowest BCUT2D eigenvalue weighted by molar-refractivity contribution is -0.384. The van der Waals surface area contributed by atoms with E-state index in [9.17, 15) is 28.1 Å². The molecule has 46 heavy (non-hydrogen) atoms. The van der Waals surface area contributed by atoms with Gasteiger partial charge in [0.05, 0.1) is 15.5 Å². The van der Waals surface area contributed by atoms with Crippen LogP contribution in [0.25, 0.3) is 0 Å². The van der Waals surface area contributed by atoms with Crippen LogP contribution >= 0.6 is 15.9 Å². The molecule has 2 amide bonds. The van der Waals surface area contributed by atoms with Gasteiger partial charge in [0.25, 0.3) is 15.7 Å². The van der Waals surface area contributed by atoms with Crippen molar-refractivity contribution in [3.05, 3.63) is 135 Å². The summed E-state index contributed by atoms with van der Waals surface area (Å²) in [5.74, 6) is -0.988. The molecule has 12 heteroatoms. The molecule has 0 spiro atoms. The van der Waals surface area contributed by atoms with Crippen LogP contribution < -0.4 is 9.62 Å². The molecule has 0 aromatic heterocycles. The van der Waals surface area contributed by atoms with Crippen LogP contribution in [0.3, 0.4) is 0 Å². The number of carbonyl (C=O) groups excluding carboxylic acids is 2. The Morgan fingerprint density at radius 2 is 1.46 bits per heavy atom. The molecule has 0 aliphatic heterocycles. The molecule has 0 aliphatic carbocycles. The largest absolute Gasteiger partial charge is 0.352 e. The second-order valence-electron chi connectivity index (χ2n) is 10.8. The Bertz CT molecular complexity index is 1740. The van der Waals surface area contributed by atoms with Gasteiger partial charge in [-0.15, -0.1) is 0 Å². The van der Waals surface area contributed by atoms with Gasteiger partial charge in [-0.1, -0.05) is 83.5 Å². The third-order valence-electron chi connectivity index (χ3n) is 7.50. The lowest BCUT2D eigenvalue weighted by Gasteiger charge is -2.34. The van der Waals surface area contributed by atoms with E-state index in [1.807, 2.05) is 68.4 Å². The lowest BCUT2D eigenvalue weighted by Crippen LogP contribution is -2.54. The molecular formula is C34H35BrN4O6S. The maximum Gasteiger partial charge on any atom is 0.269 e. The van der Waals surface area contributed by atoms with Gasteiger partial charge < -0.3 is 10.2 Å². The summed E-state index contributed by atoms with van der Waals surface area (Å²) in [5.41, 5.74) is 1.40. The molecule has 2 unspecified atom stereocenters. The summed E-state index contributed by atoms with van der Waals surface area (Å²) < 4.78 is 29.8. The van der Waals surface area contributed by atoms with E-state index in [2.05, 4.69) is 21.2 Å². The quantitative estimate of drug-likeness (QED) is 0.124. The van der Waals surface area contributed by atoms with Crippen molar-refractivity contribution in [2.24, 2.45) is 0 Å². The number of nitrogens with one attached hydrogen (secondary N) is 1. The number of hydrogen-bond donors (Lipinski definition) is 1. The molecule has 0 radical (unpaired) electrons. The number of benzene rings is 4. The molecule has 0 saturated carbocycles. The number of rotatable bonds is 14. The Labute approximate surface area is 277 Å². The number of non-ortho nitro benzene ring substituents is 1. The number of amides is 2. The summed E-state index contributed by atoms with van der Waals surface area (Å²) in [4.78, 5) is 40.4. The second-order valence-corrected chi connectivity index (χ2v) is 13.5. The van der Waals surface area contributed by atoms with E-state index < -0.39 is 33.4 Å². The van der Waals surface area contributed by atoms with Crippen LogP contribution in [0.1, 0.15) is 31.4 Å². The fraction of sp³-hybridized carbons (Fsp3) is 0.235. The van der Waals surface area contributed by atoms with Gasteiger partial charge >= 0.3 is 0 Å². The van der Waals surface area contributed by atoms with E-state index >= 15 is 0 Å². The molecule has 1 N–H and O–H groups in total. The minimum Gasteiger partial charge on any atom is -0.352 e. The predicted octanol–water partition coefficient (Wildman–Crippen LogP) is 6.11. The standard InChI is InChI=1S/C34H35BrN4O6S/c1-3-25(2)36-34(41)32(22-26-10-6-4-7-11-26)37(23-27-14-16-28(35)17-15-27)33(40)24-38(29-18-20-30(21-19-29)39(42)43)46(44,45)31-12-8-5-9-13-31/h4-21,25,32H,3,22-24H2,1-2H3,(H,36,41). The molecule has 4 aromatic rings. The zero-order chi connectivity index (χ0) is 33.3. The number of halogens is 1. The number of nitro groups is 1. The highest BCUT2D eigenvalue weighted by Gasteiger charge is 2.35. The van der Waals surface area contributed by atoms with Gasteiger partial charge in [-0.3, -0.25) is 24.0 Å². The summed E-state index contributed by atoms with van der Waals surface area (Å²) in [6.07, 6.45) is 0.863. The van der Waals surface area contributed by atoms with Gasteiger partial charge in [0.2, 0.25) is 11.8 Å². The van der Waals surface area contributed by atoms with Crippen molar-refractivity contribution in [3.8, 4) is 0 Å². The number of sulfonamides is 1. The van der Waals surface area contributed by atoms with Crippen LogP contribution in [-0.4, -0.2) is 48.7 Å². The predicted molar refractivity (Wildman–Crippen MR) is 181 cm³/mol. The molecule has 4 aromatic carbocycles. The Morgan fingerprint density at radius 1 is 0.870 bits per heavy atom. The van der Waals surface area contributed by atoms with E-state index in [1.165, 1.54) is 41.3 Å². The van der Waals surface area contributed by atoms with E-state index in [-0.39, 0.29) is 41.2 Å². The third-order valence-corrected chi connectivity index (χ3v) is 9.81. The van der Waals surface area contributed by atoms with E-state index in [4.69, 9.17) is 0 Å². The summed E-state index contributed by atoms with van der Waals surface area (Å²) in [6, 6.07) is 28.0.